The van der Waals surface area contributed by atoms with Crippen LogP contribution in [-0.2, 0) is 6.42 Å². The maximum atomic E-state index is 6.11. The molecule has 23 heavy (non-hydrogen) atoms. The van der Waals surface area contributed by atoms with Crippen LogP contribution in [0.25, 0.3) is 21.0 Å². The second-order valence-electron chi connectivity index (χ2n) is 5.03. The van der Waals surface area contributed by atoms with Crippen LogP contribution in [0.5, 0.6) is 0 Å². The lowest BCUT2D eigenvalue weighted by Gasteiger charge is -1.98. The maximum absolute atomic E-state index is 6.11. The molecule has 114 valence electrons. The van der Waals surface area contributed by atoms with Crippen LogP contribution >= 0.6 is 22.7 Å². The molecule has 0 radical (unpaired) electrons. The summed E-state index contributed by atoms with van der Waals surface area (Å²) in [6.45, 7) is 1.95. The lowest BCUT2D eigenvalue weighted by atomic mass is 10.2. The molecule has 0 aliphatic heterocycles. The molecule has 0 aliphatic carbocycles. The number of nitrogens with zero attached hydrogens (tertiary/aromatic N) is 5. The van der Waals surface area contributed by atoms with Gasteiger partial charge >= 0.3 is 0 Å². The first-order chi connectivity index (χ1) is 11.2. The minimum Gasteiger partial charge on any atom is -0.383 e. The number of thiazole rings is 1. The van der Waals surface area contributed by atoms with Gasteiger partial charge in [0.15, 0.2) is 10.8 Å². The molecule has 0 unspecified atom stereocenters. The molecule has 0 aliphatic rings. The van der Waals surface area contributed by atoms with Gasteiger partial charge in [-0.3, -0.25) is 9.97 Å². The average Bonchev–Trinajstić information content (AvgIpc) is 3.14. The van der Waals surface area contributed by atoms with Crippen molar-refractivity contribution in [2.75, 3.05) is 5.73 Å². The molecule has 4 rings (SSSR count). The van der Waals surface area contributed by atoms with Gasteiger partial charge in [-0.2, -0.15) is 0 Å². The zero-order valence-corrected chi connectivity index (χ0v) is 13.9. The van der Waals surface area contributed by atoms with E-state index in [1.165, 1.54) is 11.3 Å². The van der Waals surface area contributed by atoms with E-state index >= 15 is 0 Å². The number of aromatic nitrogens is 5. The third-order valence-corrected chi connectivity index (χ3v) is 5.24. The first-order valence-electron chi connectivity index (χ1n) is 6.92. The molecule has 2 N–H and O–H groups in total. The quantitative estimate of drug-likeness (QED) is 0.616. The van der Waals surface area contributed by atoms with E-state index in [2.05, 4.69) is 24.9 Å². The fourth-order valence-corrected chi connectivity index (χ4v) is 4.01. The summed E-state index contributed by atoms with van der Waals surface area (Å²) < 4.78 is 0. The summed E-state index contributed by atoms with van der Waals surface area (Å²) in [7, 11) is 0. The van der Waals surface area contributed by atoms with Crippen molar-refractivity contribution in [2.24, 2.45) is 0 Å². The van der Waals surface area contributed by atoms with Gasteiger partial charge in [0.25, 0.3) is 0 Å². The van der Waals surface area contributed by atoms with E-state index in [1.807, 2.05) is 18.4 Å². The first kappa shape index (κ1) is 14.2. The molecular weight excluding hydrogens is 328 g/mol. The number of thiophene rings is 1. The Balaban J connectivity index is 1.75. The van der Waals surface area contributed by atoms with Gasteiger partial charge in [-0.15, -0.1) is 22.7 Å². The summed E-state index contributed by atoms with van der Waals surface area (Å²) in [5.74, 6) is 1.07. The summed E-state index contributed by atoms with van der Waals surface area (Å²) in [5, 5.41) is 3.65. The second-order valence-corrected chi connectivity index (χ2v) is 7.00. The summed E-state index contributed by atoms with van der Waals surface area (Å²) >= 11 is 3.12. The number of fused-ring (bicyclic) bond motifs is 1. The van der Waals surface area contributed by atoms with Gasteiger partial charge in [0.1, 0.15) is 10.6 Å². The van der Waals surface area contributed by atoms with E-state index in [0.717, 1.165) is 31.5 Å². The van der Waals surface area contributed by atoms with Gasteiger partial charge in [-0.05, 0) is 13.0 Å². The number of nitrogens with two attached hydrogens (primary N) is 1. The molecule has 0 saturated carbocycles. The van der Waals surface area contributed by atoms with Crippen LogP contribution in [0.15, 0.2) is 30.0 Å². The number of rotatable bonds is 3. The van der Waals surface area contributed by atoms with Crippen LogP contribution in [0.2, 0.25) is 0 Å². The summed E-state index contributed by atoms with van der Waals surface area (Å²) in [4.78, 5) is 23.8. The fourth-order valence-electron chi connectivity index (χ4n) is 2.23. The van der Waals surface area contributed by atoms with Gasteiger partial charge in [-0.25, -0.2) is 15.0 Å². The lowest BCUT2D eigenvalue weighted by Crippen LogP contribution is -1.95. The predicted octanol–water partition coefficient (Wildman–Crippen LogP) is 3.09. The lowest BCUT2D eigenvalue weighted by molar-refractivity contribution is 1.05. The highest BCUT2D eigenvalue weighted by molar-refractivity contribution is 7.18. The minimum absolute atomic E-state index is 0.486. The van der Waals surface area contributed by atoms with Crippen LogP contribution in [0.3, 0.4) is 0 Å². The number of anilines is 1. The summed E-state index contributed by atoms with van der Waals surface area (Å²) in [5.41, 5.74) is 7.99. The molecule has 0 saturated heterocycles. The SMILES string of the molecule is Cc1csc(-c2nc(N)c3cc(Cc4cnccn4)sc3n2)n1. The van der Waals surface area contributed by atoms with E-state index in [9.17, 15) is 0 Å². The van der Waals surface area contributed by atoms with E-state index in [-0.39, 0.29) is 0 Å². The molecule has 0 fully saturated rings. The van der Waals surface area contributed by atoms with Crippen molar-refractivity contribution in [1.29, 1.82) is 0 Å². The van der Waals surface area contributed by atoms with Gasteiger partial charge in [0.05, 0.1) is 11.1 Å². The van der Waals surface area contributed by atoms with Gasteiger partial charge < -0.3 is 5.73 Å². The van der Waals surface area contributed by atoms with Gasteiger partial charge in [0, 0.05) is 41.0 Å². The highest BCUT2D eigenvalue weighted by Gasteiger charge is 2.13. The minimum atomic E-state index is 0.486. The topological polar surface area (TPSA) is 90.5 Å². The predicted molar refractivity (Wildman–Crippen MR) is 92.5 cm³/mol. The number of hydrogen-bond donors (Lipinski definition) is 1. The van der Waals surface area contributed by atoms with Crippen molar-refractivity contribution >= 4 is 38.7 Å². The molecule has 6 nitrogen and oxygen atoms in total. The third kappa shape index (κ3) is 2.78. The Hall–Kier alpha value is -2.45. The Kier molecular flexibility index (Phi) is 3.47. The molecule has 0 amide bonds. The van der Waals surface area contributed by atoms with Crippen LogP contribution in [0.4, 0.5) is 5.82 Å². The standard InChI is InChI=1S/C15H12N6S2/c1-8-7-22-15(19-8)13-20-12(16)11-5-10(23-14(11)21-13)4-9-6-17-2-3-18-9/h2-3,5-7H,4H2,1H3,(H2,16,20,21). The van der Waals surface area contributed by atoms with Gasteiger partial charge in [-0.1, -0.05) is 0 Å². The summed E-state index contributed by atoms with van der Waals surface area (Å²) in [6.07, 6.45) is 5.84. The largest absolute Gasteiger partial charge is 0.383 e. The van der Waals surface area contributed by atoms with Crippen molar-refractivity contribution in [3.8, 4) is 10.8 Å². The number of nitrogen functional groups attached to an aromatic ring is 1. The van der Waals surface area contributed by atoms with E-state index in [1.54, 1.807) is 29.9 Å². The Morgan fingerprint density at radius 1 is 1.17 bits per heavy atom. The van der Waals surface area contributed by atoms with Crippen molar-refractivity contribution in [3.05, 3.63) is 46.3 Å². The summed E-state index contributed by atoms with van der Waals surface area (Å²) in [6, 6.07) is 2.03. The fraction of sp³-hybridized carbons (Fsp3) is 0.133. The zero-order valence-electron chi connectivity index (χ0n) is 12.2. The third-order valence-electron chi connectivity index (χ3n) is 3.26. The van der Waals surface area contributed by atoms with Crippen molar-refractivity contribution < 1.29 is 0 Å². The Labute approximate surface area is 140 Å². The van der Waals surface area contributed by atoms with Crippen molar-refractivity contribution in [3.63, 3.8) is 0 Å². The van der Waals surface area contributed by atoms with Crippen molar-refractivity contribution in [1.82, 2.24) is 24.9 Å². The molecule has 8 heteroatoms. The van der Waals surface area contributed by atoms with Crippen molar-refractivity contribution in [2.45, 2.75) is 13.3 Å². The second kappa shape index (κ2) is 5.64. The molecule has 0 spiro atoms. The maximum Gasteiger partial charge on any atom is 0.192 e. The molecular formula is C15H12N6S2. The molecule has 0 bridgehead atoms. The van der Waals surface area contributed by atoms with Crippen LogP contribution in [-0.4, -0.2) is 24.9 Å². The molecule has 4 aromatic heterocycles. The molecule has 4 heterocycles. The van der Waals surface area contributed by atoms with E-state index in [0.29, 0.717) is 18.1 Å². The zero-order chi connectivity index (χ0) is 15.8. The van der Waals surface area contributed by atoms with Crippen LogP contribution in [0.1, 0.15) is 16.3 Å². The normalized spacial score (nSPS) is 11.2. The average molecular weight is 340 g/mol. The number of aryl methyl sites for hydroxylation is 1. The van der Waals surface area contributed by atoms with Gasteiger partial charge in [0.2, 0.25) is 0 Å². The molecule has 4 aromatic rings. The smallest absolute Gasteiger partial charge is 0.192 e. The Morgan fingerprint density at radius 2 is 2.09 bits per heavy atom. The van der Waals surface area contributed by atoms with Crippen LogP contribution < -0.4 is 5.73 Å². The monoisotopic (exact) mass is 340 g/mol. The Bertz CT molecular complexity index is 976. The highest BCUT2D eigenvalue weighted by Crippen LogP contribution is 2.31. The molecule has 0 atom stereocenters. The van der Waals surface area contributed by atoms with Crippen LogP contribution in [0, 0.1) is 6.92 Å². The van der Waals surface area contributed by atoms with E-state index in [4.69, 9.17) is 5.73 Å². The highest BCUT2D eigenvalue weighted by atomic mass is 32.1. The number of hydrogen-bond acceptors (Lipinski definition) is 8. The van der Waals surface area contributed by atoms with E-state index < -0.39 is 0 Å². The Morgan fingerprint density at radius 3 is 2.83 bits per heavy atom. The molecule has 0 aromatic carbocycles. The first-order valence-corrected chi connectivity index (χ1v) is 8.62.